The Labute approximate surface area is 169 Å². The fourth-order valence-corrected chi connectivity index (χ4v) is 3.86. The summed E-state index contributed by atoms with van der Waals surface area (Å²) in [5, 5.41) is 0. The van der Waals surface area contributed by atoms with Gasteiger partial charge >= 0.3 is 0 Å². The van der Waals surface area contributed by atoms with E-state index in [0.717, 1.165) is 29.6 Å². The number of rotatable bonds is 5. The van der Waals surface area contributed by atoms with Crippen molar-refractivity contribution in [3.05, 3.63) is 47.6 Å². The van der Waals surface area contributed by atoms with E-state index in [-0.39, 0.29) is 23.2 Å². The fraction of sp³-hybridized carbons (Fsp3) is 0.609. The van der Waals surface area contributed by atoms with Crippen LogP contribution in [-0.4, -0.2) is 45.3 Å². The molecule has 2 rings (SSSR count). The number of hydrogen-bond acceptors (Lipinski definition) is 5. The van der Waals surface area contributed by atoms with Gasteiger partial charge in [0.2, 0.25) is 0 Å². The van der Waals surface area contributed by atoms with E-state index < -0.39 is 12.6 Å². The summed E-state index contributed by atoms with van der Waals surface area (Å²) >= 11 is 0. The lowest BCUT2D eigenvalue weighted by molar-refractivity contribution is -0.256. The van der Waals surface area contributed by atoms with Crippen molar-refractivity contribution in [1.29, 1.82) is 0 Å². The van der Waals surface area contributed by atoms with Crippen LogP contribution in [0.15, 0.2) is 47.6 Å². The zero-order valence-electron chi connectivity index (χ0n) is 18.0. The minimum absolute atomic E-state index is 0.0825. The molecule has 5 nitrogen and oxygen atoms in total. The normalized spacial score (nSPS) is 33.2. The van der Waals surface area contributed by atoms with E-state index in [2.05, 4.69) is 6.58 Å². The average Bonchev–Trinajstić information content (AvgIpc) is 2.70. The van der Waals surface area contributed by atoms with Crippen LogP contribution >= 0.6 is 0 Å². The van der Waals surface area contributed by atoms with Crippen LogP contribution in [0, 0.1) is 11.8 Å². The number of fused-ring (bicyclic) bond motifs is 1. The molecule has 0 N–H and O–H groups in total. The molecular formula is C23H34O5. The molecule has 0 amide bonds. The molecule has 0 aromatic heterocycles. The predicted octanol–water partition coefficient (Wildman–Crippen LogP) is 4.36. The molecule has 0 radical (unpaired) electrons. The van der Waals surface area contributed by atoms with Crippen molar-refractivity contribution in [1.82, 2.24) is 0 Å². The van der Waals surface area contributed by atoms with Crippen molar-refractivity contribution in [2.24, 2.45) is 11.8 Å². The van der Waals surface area contributed by atoms with E-state index in [1.165, 1.54) is 0 Å². The van der Waals surface area contributed by atoms with Crippen molar-refractivity contribution in [2.45, 2.75) is 58.2 Å². The van der Waals surface area contributed by atoms with E-state index in [4.69, 9.17) is 18.9 Å². The molecule has 1 fully saturated rings. The van der Waals surface area contributed by atoms with Crippen molar-refractivity contribution >= 4 is 5.78 Å². The lowest BCUT2D eigenvalue weighted by Gasteiger charge is -2.43. The quantitative estimate of drug-likeness (QED) is 0.653. The highest BCUT2D eigenvalue weighted by molar-refractivity contribution is 5.92. The largest absolute Gasteiger partial charge is 0.375 e. The Kier molecular flexibility index (Phi) is 7.96. The minimum Gasteiger partial charge on any atom is -0.375 e. The third kappa shape index (κ3) is 5.51. The molecule has 1 saturated heterocycles. The Morgan fingerprint density at radius 2 is 1.96 bits per heavy atom. The lowest BCUT2D eigenvalue weighted by atomic mass is 9.75. The molecule has 0 bridgehead atoms. The summed E-state index contributed by atoms with van der Waals surface area (Å²) in [5.41, 5.74) is 2.60. The molecule has 0 aromatic carbocycles. The van der Waals surface area contributed by atoms with Gasteiger partial charge in [-0.1, -0.05) is 36.0 Å². The Balaban J connectivity index is 2.45. The maximum atomic E-state index is 12.3. The van der Waals surface area contributed by atoms with Crippen LogP contribution in [0.2, 0.25) is 0 Å². The van der Waals surface area contributed by atoms with Gasteiger partial charge in [0.05, 0.1) is 5.60 Å². The van der Waals surface area contributed by atoms with Crippen LogP contribution in [0.25, 0.3) is 0 Å². The first-order valence-corrected chi connectivity index (χ1v) is 9.75. The molecular weight excluding hydrogens is 356 g/mol. The van der Waals surface area contributed by atoms with Crippen LogP contribution in [0.5, 0.6) is 0 Å². The third-order valence-corrected chi connectivity index (χ3v) is 5.57. The van der Waals surface area contributed by atoms with Crippen LogP contribution < -0.4 is 0 Å². The van der Waals surface area contributed by atoms with Crippen LogP contribution in [-0.2, 0) is 23.7 Å². The molecule has 0 aromatic rings. The van der Waals surface area contributed by atoms with Gasteiger partial charge in [-0.15, -0.1) is 0 Å². The highest BCUT2D eigenvalue weighted by Gasteiger charge is 2.43. The summed E-state index contributed by atoms with van der Waals surface area (Å²) < 4.78 is 22.8. The summed E-state index contributed by atoms with van der Waals surface area (Å²) in [6.45, 7) is 10.2. The number of carbonyl (C=O) groups is 1. The van der Waals surface area contributed by atoms with E-state index in [1.54, 1.807) is 27.4 Å². The van der Waals surface area contributed by atoms with Gasteiger partial charge < -0.3 is 18.9 Å². The summed E-state index contributed by atoms with van der Waals surface area (Å²) in [6.07, 6.45) is 8.78. The molecule has 156 valence electrons. The van der Waals surface area contributed by atoms with Gasteiger partial charge in [-0.3, -0.25) is 4.79 Å². The van der Waals surface area contributed by atoms with Gasteiger partial charge in [0.25, 0.3) is 0 Å². The predicted molar refractivity (Wildman–Crippen MR) is 110 cm³/mol. The highest BCUT2D eigenvalue weighted by atomic mass is 16.8. The summed E-state index contributed by atoms with van der Waals surface area (Å²) in [6, 6.07) is 0. The maximum Gasteiger partial charge on any atom is 0.183 e. The van der Waals surface area contributed by atoms with E-state index in [0.29, 0.717) is 6.42 Å². The Hall–Kier alpha value is -1.53. The first-order chi connectivity index (χ1) is 13.2. The topological polar surface area (TPSA) is 54.0 Å². The molecule has 0 unspecified atom stereocenters. The summed E-state index contributed by atoms with van der Waals surface area (Å²) in [7, 11) is 4.94. The molecule has 1 heterocycles. The second kappa shape index (κ2) is 9.79. The van der Waals surface area contributed by atoms with Gasteiger partial charge in [-0.05, 0) is 51.2 Å². The van der Waals surface area contributed by atoms with E-state index >= 15 is 0 Å². The third-order valence-electron chi connectivity index (χ3n) is 5.57. The monoisotopic (exact) mass is 390 g/mol. The van der Waals surface area contributed by atoms with Gasteiger partial charge in [-0.2, -0.15) is 0 Å². The second-order valence-corrected chi connectivity index (χ2v) is 8.10. The second-order valence-electron chi connectivity index (χ2n) is 8.10. The highest BCUT2D eigenvalue weighted by Crippen LogP contribution is 2.44. The minimum atomic E-state index is -0.505. The molecule has 0 saturated carbocycles. The molecule has 4 atom stereocenters. The van der Waals surface area contributed by atoms with E-state index in [9.17, 15) is 4.79 Å². The number of carbonyl (C=O) groups excluding carboxylic acids is 1. The van der Waals surface area contributed by atoms with Crippen molar-refractivity contribution in [3.63, 3.8) is 0 Å². The first-order valence-electron chi connectivity index (χ1n) is 9.75. The van der Waals surface area contributed by atoms with Gasteiger partial charge in [0.1, 0.15) is 0 Å². The summed E-state index contributed by atoms with van der Waals surface area (Å²) in [4.78, 5) is 12.3. The van der Waals surface area contributed by atoms with Crippen LogP contribution in [0.4, 0.5) is 0 Å². The van der Waals surface area contributed by atoms with Crippen molar-refractivity contribution in [3.8, 4) is 0 Å². The number of allylic oxidation sites excluding steroid dienone is 4. The van der Waals surface area contributed by atoms with Gasteiger partial charge in [0, 0.05) is 33.7 Å². The molecule has 2 aliphatic rings. The van der Waals surface area contributed by atoms with Crippen molar-refractivity contribution < 1.29 is 23.7 Å². The lowest BCUT2D eigenvalue weighted by Crippen LogP contribution is -2.45. The number of hydrogen-bond donors (Lipinski definition) is 0. The maximum absolute atomic E-state index is 12.3. The molecule has 28 heavy (non-hydrogen) atoms. The zero-order chi connectivity index (χ0) is 20.9. The number of ketones is 1. The zero-order valence-corrected chi connectivity index (χ0v) is 18.0. The average molecular weight is 391 g/mol. The van der Waals surface area contributed by atoms with Crippen molar-refractivity contribution in [2.75, 3.05) is 21.3 Å². The van der Waals surface area contributed by atoms with Gasteiger partial charge in [-0.25, -0.2) is 0 Å². The van der Waals surface area contributed by atoms with Crippen LogP contribution in [0.1, 0.15) is 40.0 Å². The molecule has 5 heteroatoms. The number of methoxy groups -OCH3 is 3. The molecule has 1 aliphatic heterocycles. The van der Waals surface area contributed by atoms with E-state index in [1.807, 2.05) is 39.0 Å². The standard InChI is InChI=1S/C23H34O5/c1-15-10-11-18-19(9-8-12-23(3,4)27-7)21(25-5)28-22(26-6)20(18)16(2)14-17(24)13-15/h8-9,12-13,18,20-22H,2,10-11,14H2,1,3-7H3/b12-8+,15-13-,19-9?/t18-,20+,21+,22+/m1/s1. The first kappa shape index (κ1) is 22.8. The Morgan fingerprint density at radius 1 is 1.25 bits per heavy atom. The smallest absolute Gasteiger partial charge is 0.183 e. The summed E-state index contributed by atoms with van der Waals surface area (Å²) in [5.74, 6) is 0.0922. The Morgan fingerprint density at radius 3 is 2.57 bits per heavy atom. The van der Waals surface area contributed by atoms with Crippen LogP contribution in [0.3, 0.4) is 0 Å². The fourth-order valence-electron chi connectivity index (χ4n) is 3.86. The molecule has 0 spiro atoms. The number of ether oxygens (including phenoxy) is 4. The Bertz CT molecular complexity index is 670. The SMILES string of the molecule is C=C1CC(=O)/C=C(/C)CC[C@@H]2C(=C/C=C/C(C)(C)OC)[C@@H](OC)O[C@H](OC)[C@@H]12. The molecule has 1 aliphatic carbocycles. The van der Waals surface area contributed by atoms with Gasteiger partial charge in [0.15, 0.2) is 18.4 Å².